The Bertz CT molecular complexity index is 125. The first-order valence-electron chi connectivity index (χ1n) is 3.55. The van der Waals surface area contributed by atoms with Crippen LogP contribution in [-0.4, -0.2) is 26.0 Å². The zero-order chi connectivity index (χ0) is 8.53. The van der Waals surface area contributed by atoms with Crippen molar-refractivity contribution >= 4 is 12.4 Å². The monoisotopic (exact) mass is 159 g/mol. The third-order valence-corrected chi connectivity index (χ3v) is 1.26. The molecule has 0 rings (SSSR count). The summed E-state index contributed by atoms with van der Waals surface area (Å²) in [4.78, 5) is 20.3. The highest BCUT2D eigenvalue weighted by Gasteiger charge is 1.97. The zero-order valence-corrected chi connectivity index (χ0v) is 6.63. The average Bonchev–Trinajstić information content (AvgIpc) is 2.04. The van der Waals surface area contributed by atoms with Gasteiger partial charge in [0, 0.05) is 13.0 Å². The first-order valence-corrected chi connectivity index (χ1v) is 3.55. The summed E-state index contributed by atoms with van der Waals surface area (Å²) in [5.41, 5.74) is 0. The fourth-order valence-corrected chi connectivity index (χ4v) is 0.657. The number of carbonyl (C=O) groups excluding carboxylic acids is 2. The van der Waals surface area contributed by atoms with E-state index >= 15 is 0 Å². The van der Waals surface area contributed by atoms with E-state index in [-0.39, 0.29) is 5.97 Å². The number of ether oxygens (including phenoxy) is 1. The molecule has 0 fully saturated rings. The largest absolute Gasteiger partial charge is 0.469 e. The second-order valence-corrected chi connectivity index (χ2v) is 2.11. The smallest absolute Gasteiger partial charge is 0.305 e. The van der Waals surface area contributed by atoms with Gasteiger partial charge in [0.2, 0.25) is 6.41 Å². The van der Waals surface area contributed by atoms with Crippen LogP contribution in [-0.2, 0) is 14.3 Å². The van der Waals surface area contributed by atoms with Crippen LogP contribution in [0.3, 0.4) is 0 Å². The topological polar surface area (TPSA) is 55.4 Å². The maximum absolute atomic E-state index is 10.5. The molecular weight excluding hydrogens is 146 g/mol. The molecule has 0 aliphatic carbocycles. The SMILES string of the molecule is COC(=O)CCCCNC=O. The van der Waals surface area contributed by atoms with E-state index in [4.69, 9.17) is 0 Å². The molecule has 64 valence electrons. The standard InChI is InChI=1S/C7H13NO3/c1-11-7(10)4-2-3-5-8-6-9/h6H,2-5H2,1H3,(H,8,9). The Kier molecular flexibility index (Phi) is 6.37. The van der Waals surface area contributed by atoms with Gasteiger partial charge in [-0.25, -0.2) is 0 Å². The lowest BCUT2D eigenvalue weighted by Crippen LogP contribution is -2.12. The lowest BCUT2D eigenvalue weighted by Gasteiger charge is -1.98. The van der Waals surface area contributed by atoms with Gasteiger partial charge < -0.3 is 10.1 Å². The maximum Gasteiger partial charge on any atom is 0.305 e. The molecule has 0 saturated heterocycles. The number of rotatable bonds is 6. The van der Waals surface area contributed by atoms with Gasteiger partial charge in [0.1, 0.15) is 0 Å². The van der Waals surface area contributed by atoms with Crippen LogP contribution >= 0.6 is 0 Å². The third-order valence-electron chi connectivity index (χ3n) is 1.26. The van der Waals surface area contributed by atoms with Crippen LogP contribution in [0, 0.1) is 0 Å². The van der Waals surface area contributed by atoms with Gasteiger partial charge in [-0.05, 0) is 12.8 Å². The maximum atomic E-state index is 10.5. The van der Waals surface area contributed by atoms with E-state index in [0.29, 0.717) is 19.4 Å². The highest BCUT2D eigenvalue weighted by atomic mass is 16.5. The van der Waals surface area contributed by atoms with Crippen molar-refractivity contribution in [2.45, 2.75) is 19.3 Å². The van der Waals surface area contributed by atoms with E-state index in [9.17, 15) is 9.59 Å². The van der Waals surface area contributed by atoms with Crippen molar-refractivity contribution in [1.29, 1.82) is 0 Å². The molecule has 0 unspecified atom stereocenters. The minimum atomic E-state index is -0.198. The lowest BCUT2D eigenvalue weighted by atomic mass is 10.2. The highest BCUT2D eigenvalue weighted by Crippen LogP contribution is 1.94. The first kappa shape index (κ1) is 9.94. The van der Waals surface area contributed by atoms with Gasteiger partial charge >= 0.3 is 5.97 Å². The van der Waals surface area contributed by atoms with Crippen molar-refractivity contribution in [3.8, 4) is 0 Å². The zero-order valence-electron chi connectivity index (χ0n) is 6.63. The molecule has 0 aliphatic rings. The second kappa shape index (κ2) is 7.05. The molecule has 0 spiro atoms. The van der Waals surface area contributed by atoms with Crippen molar-refractivity contribution in [3.05, 3.63) is 0 Å². The molecule has 0 aromatic rings. The Balaban J connectivity index is 3.01. The van der Waals surface area contributed by atoms with Crippen molar-refractivity contribution in [2.75, 3.05) is 13.7 Å². The average molecular weight is 159 g/mol. The summed E-state index contributed by atoms with van der Waals surface area (Å²) in [6.45, 7) is 0.625. The number of esters is 1. The van der Waals surface area contributed by atoms with Crippen LogP contribution < -0.4 is 5.32 Å². The van der Waals surface area contributed by atoms with E-state index in [1.165, 1.54) is 7.11 Å². The summed E-state index contributed by atoms with van der Waals surface area (Å²) in [5.74, 6) is -0.198. The molecule has 4 nitrogen and oxygen atoms in total. The third kappa shape index (κ3) is 6.83. The predicted molar refractivity (Wildman–Crippen MR) is 39.9 cm³/mol. The molecule has 0 atom stereocenters. The van der Waals surface area contributed by atoms with Gasteiger partial charge in [-0.15, -0.1) is 0 Å². The highest BCUT2D eigenvalue weighted by molar-refractivity contribution is 5.68. The summed E-state index contributed by atoms with van der Waals surface area (Å²) in [6, 6.07) is 0. The van der Waals surface area contributed by atoms with Crippen LogP contribution in [0.2, 0.25) is 0 Å². The van der Waals surface area contributed by atoms with E-state index in [2.05, 4.69) is 10.1 Å². The Hall–Kier alpha value is -1.06. The van der Waals surface area contributed by atoms with E-state index in [0.717, 1.165) is 12.8 Å². The number of hydrogen-bond acceptors (Lipinski definition) is 3. The molecule has 4 heteroatoms. The Labute approximate surface area is 65.9 Å². The molecule has 11 heavy (non-hydrogen) atoms. The second-order valence-electron chi connectivity index (χ2n) is 2.11. The number of unbranched alkanes of at least 4 members (excludes halogenated alkanes) is 1. The molecule has 0 radical (unpaired) electrons. The normalized spacial score (nSPS) is 8.82. The summed E-state index contributed by atoms with van der Waals surface area (Å²) in [6.07, 6.45) is 2.65. The first-order chi connectivity index (χ1) is 5.31. The molecule has 0 saturated carbocycles. The van der Waals surface area contributed by atoms with Crippen molar-refractivity contribution < 1.29 is 14.3 Å². The van der Waals surface area contributed by atoms with Crippen LogP contribution in [0.1, 0.15) is 19.3 Å². The van der Waals surface area contributed by atoms with Gasteiger partial charge in [0.25, 0.3) is 0 Å². The van der Waals surface area contributed by atoms with E-state index < -0.39 is 0 Å². The number of hydrogen-bond donors (Lipinski definition) is 1. The fraction of sp³-hybridized carbons (Fsp3) is 0.714. The van der Waals surface area contributed by atoms with Gasteiger partial charge in [0.15, 0.2) is 0 Å². The fourth-order valence-electron chi connectivity index (χ4n) is 0.657. The van der Waals surface area contributed by atoms with Gasteiger partial charge in [-0.3, -0.25) is 9.59 Å². The quantitative estimate of drug-likeness (QED) is 0.339. The Morgan fingerprint density at radius 2 is 2.27 bits per heavy atom. The molecular formula is C7H13NO3. The number of methoxy groups -OCH3 is 1. The van der Waals surface area contributed by atoms with Crippen molar-refractivity contribution in [1.82, 2.24) is 5.32 Å². The molecule has 1 amide bonds. The van der Waals surface area contributed by atoms with Crippen LogP contribution in [0.5, 0.6) is 0 Å². The van der Waals surface area contributed by atoms with Crippen LogP contribution in [0.4, 0.5) is 0 Å². The predicted octanol–water partition coefficient (Wildman–Crippen LogP) is 0.0757. The van der Waals surface area contributed by atoms with Crippen molar-refractivity contribution in [3.63, 3.8) is 0 Å². The molecule has 0 aliphatic heterocycles. The van der Waals surface area contributed by atoms with E-state index in [1.54, 1.807) is 0 Å². The summed E-state index contributed by atoms with van der Waals surface area (Å²) in [5, 5.41) is 2.51. The van der Waals surface area contributed by atoms with E-state index in [1.807, 2.05) is 0 Å². The van der Waals surface area contributed by atoms with Crippen LogP contribution in [0.15, 0.2) is 0 Å². The molecule has 0 aromatic heterocycles. The van der Waals surface area contributed by atoms with Crippen molar-refractivity contribution in [2.24, 2.45) is 0 Å². The summed E-state index contributed by atoms with van der Waals surface area (Å²) < 4.78 is 4.43. The van der Waals surface area contributed by atoms with Gasteiger partial charge in [0.05, 0.1) is 7.11 Å². The lowest BCUT2D eigenvalue weighted by molar-refractivity contribution is -0.140. The Morgan fingerprint density at radius 1 is 1.55 bits per heavy atom. The summed E-state index contributed by atoms with van der Waals surface area (Å²) in [7, 11) is 1.37. The van der Waals surface area contributed by atoms with Gasteiger partial charge in [-0.1, -0.05) is 0 Å². The minimum Gasteiger partial charge on any atom is -0.469 e. The molecule has 0 heterocycles. The number of carbonyl (C=O) groups is 2. The van der Waals surface area contributed by atoms with Crippen LogP contribution in [0.25, 0.3) is 0 Å². The number of nitrogens with one attached hydrogen (secondary N) is 1. The molecule has 1 N–H and O–H groups in total. The Morgan fingerprint density at radius 3 is 2.82 bits per heavy atom. The number of amides is 1. The minimum absolute atomic E-state index is 0.198. The molecule has 0 aromatic carbocycles. The molecule has 0 bridgehead atoms. The summed E-state index contributed by atoms with van der Waals surface area (Å²) >= 11 is 0. The van der Waals surface area contributed by atoms with Gasteiger partial charge in [-0.2, -0.15) is 0 Å².